The van der Waals surface area contributed by atoms with Crippen LogP contribution in [0.4, 0.5) is 5.95 Å². The zero-order valence-corrected chi connectivity index (χ0v) is 7.64. The SMILES string of the molecule is C1=NCCN1c1nc2ccccc2[nH]1. The Morgan fingerprint density at radius 1 is 1.29 bits per heavy atom. The van der Waals surface area contributed by atoms with Crippen LogP contribution in [0.2, 0.25) is 0 Å². The van der Waals surface area contributed by atoms with Gasteiger partial charge in [0.25, 0.3) is 0 Å². The average Bonchev–Trinajstić information content (AvgIpc) is 2.86. The molecule has 0 saturated heterocycles. The fraction of sp³-hybridized carbons (Fsp3) is 0.200. The molecule has 1 aromatic carbocycles. The predicted molar refractivity (Wildman–Crippen MR) is 56.8 cm³/mol. The van der Waals surface area contributed by atoms with Gasteiger partial charge in [-0.15, -0.1) is 0 Å². The molecule has 1 N–H and O–H groups in total. The first kappa shape index (κ1) is 7.55. The van der Waals surface area contributed by atoms with Crippen molar-refractivity contribution in [2.24, 2.45) is 4.99 Å². The first-order valence-electron chi connectivity index (χ1n) is 4.65. The van der Waals surface area contributed by atoms with Crippen molar-refractivity contribution in [1.29, 1.82) is 0 Å². The minimum absolute atomic E-state index is 0.858. The van der Waals surface area contributed by atoms with Gasteiger partial charge in [-0.1, -0.05) is 12.1 Å². The second-order valence-corrected chi connectivity index (χ2v) is 3.29. The lowest BCUT2D eigenvalue weighted by Gasteiger charge is -2.07. The van der Waals surface area contributed by atoms with E-state index in [0.717, 1.165) is 30.1 Å². The summed E-state index contributed by atoms with van der Waals surface area (Å²) >= 11 is 0. The number of hydrogen-bond donors (Lipinski definition) is 1. The van der Waals surface area contributed by atoms with Crippen molar-refractivity contribution in [1.82, 2.24) is 9.97 Å². The molecule has 1 aliphatic rings. The second kappa shape index (κ2) is 2.83. The van der Waals surface area contributed by atoms with Crippen molar-refractivity contribution in [3.8, 4) is 0 Å². The molecule has 3 rings (SSSR count). The molecule has 1 aliphatic heterocycles. The minimum atomic E-state index is 0.858. The van der Waals surface area contributed by atoms with Gasteiger partial charge in [-0.05, 0) is 12.1 Å². The largest absolute Gasteiger partial charge is 0.324 e. The van der Waals surface area contributed by atoms with Gasteiger partial charge in [-0.25, -0.2) is 4.98 Å². The Kier molecular flexibility index (Phi) is 1.53. The summed E-state index contributed by atoms with van der Waals surface area (Å²) in [6.07, 6.45) is 1.83. The summed E-state index contributed by atoms with van der Waals surface area (Å²) in [4.78, 5) is 13.9. The summed E-state index contributed by atoms with van der Waals surface area (Å²) < 4.78 is 0. The Balaban J connectivity index is 2.09. The van der Waals surface area contributed by atoms with Gasteiger partial charge in [-0.2, -0.15) is 0 Å². The lowest BCUT2D eigenvalue weighted by Crippen LogP contribution is -2.19. The Morgan fingerprint density at radius 2 is 2.21 bits per heavy atom. The fourth-order valence-electron chi connectivity index (χ4n) is 1.62. The number of anilines is 1. The van der Waals surface area contributed by atoms with Crippen molar-refractivity contribution in [3.05, 3.63) is 24.3 Å². The topological polar surface area (TPSA) is 44.3 Å². The molecule has 0 bridgehead atoms. The number of H-pyrrole nitrogens is 1. The predicted octanol–water partition coefficient (Wildman–Crippen LogP) is 1.41. The van der Waals surface area contributed by atoms with E-state index in [1.54, 1.807) is 0 Å². The second-order valence-electron chi connectivity index (χ2n) is 3.29. The molecule has 0 spiro atoms. The number of nitrogens with one attached hydrogen (secondary N) is 1. The van der Waals surface area contributed by atoms with E-state index in [2.05, 4.69) is 15.0 Å². The van der Waals surface area contributed by atoms with E-state index >= 15 is 0 Å². The van der Waals surface area contributed by atoms with Gasteiger partial charge >= 0.3 is 0 Å². The summed E-state index contributed by atoms with van der Waals surface area (Å²) in [5.41, 5.74) is 2.07. The number of hydrogen-bond acceptors (Lipinski definition) is 3. The maximum absolute atomic E-state index is 4.47. The van der Waals surface area contributed by atoms with Crippen LogP contribution in [0.15, 0.2) is 29.3 Å². The van der Waals surface area contributed by atoms with Crippen molar-refractivity contribution < 1.29 is 0 Å². The van der Waals surface area contributed by atoms with Gasteiger partial charge < -0.3 is 9.88 Å². The van der Waals surface area contributed by atoms with E-state index in [1.165, 1.54) is 0 Å². The molecular weight excluding hydrogens is 176 g/mol. The van der Waals surface area contributed by atoms with Gasteiger partial charge in [0.1, 0.15) is 0 Å². The van der Waals surface area contributed by atoms with E-state index in [4.69, 9.17) is 0 Å². The van der Waals surface area contributed by atoms with Crippen LogP contribution >= 0.6 is 0 Å². The molecular formula is C10H10N4. The molecule has 0 amide bonds. The summed E-state index contributed by atoms with van der Waals surface area (Å²) in [6.45, 7) is 1.77. The van der Waals surface area contributed by atoms with E-state index in [1.807, 2.05) is 35.5 Å². The molecule has 70 valence electrons. The van der Waals surface area contributed by atoms with Gasteiger partial charge in [-0.3, -0.25) is 4.99 Å². The Hall–Kier alpha value is -1.84. The Labute approximate surface area is 81.3 Å². The molecule has 14 heavy (non-hydrogen) atoms. The summed E-state index contributed by atoms with van der Waals surface area (Å²) in [5.74, 6) is 0.882. The number of aromatic amines is 1. The van der Waals surface area contributed by atoms with Crippen molar-refractivity contribution in [2.45, 2.75) is 0 Å². The molecule has 0 aliphatic carbocycles. The highest BCUT2D eigenvalue weighted by Crippen LogP contribution is 2.16. The van der Waals surface area contributed by atoms with Crippen LogP contribution in [0.25, 0.3) is 11.0 Å². The highest BCUT2D eigenvalue weighted by atomic mass is 15.3. The van der Waals surface area contributed by atoms with Crippen LogP contribution in [0, 0.1) is 0 Å². The smallest absolute Gasteiger partial charge is 0.209 e. The van der Waals surface area contributed by atoms with Crippen LogP contribution < -0.4 is 4.90 Å². The van der Waals surface area contributed by atoms with Gasteiger partial charge in [0.2, 0.25) is 5.95 Å². The molecule has 0 unspecified atom stereocenters. The molecule has 2 heterocycles. The number of aliphatic imine (C=N–C) groups is 1. The minimum Gasteiger partial charge on any atom is -0.324 e. The number of fused-ring (bicyclic) bond motifs is 1. The lowest BCUT2D eigenvalue weighted by molar-refractivity contribution is 0.991. The van der Waals surface area contributed by atoms with E-state index in [-0.39, 0.29) is 0 Å². The van der Waals surface area contributed by atoms with Gasteiger partial charge in [0.15, 0.2) is 0 Å². The lowest BCUT2D eigenvalue weighted by atomic mass is 10.3. The quantitative estimate of drug-likeness (QED) is 0.731. The highest BCUT2D eigenvalue weighted by molar-refractivity contribution is 5.83. The number of rotatable bonds is 1. The molecule has 4 heteroatoms. The monoisotopic (exact) mass is 186 g/mol. The van der Waals surface area contributed by atoms with E-state index in [0.29, 0.717) is 0 Å². The van der Waals surface area contributed by atoms with Crippen LogP contribution in [0.3, 0.4) is 0 Å². The third-order valence-corrected chi connectivity index (χ3v) is 2.34. The maximum atomic E-state index is 4.47. The standard InChI is InChI=1S/C10H10N4/c1-2-4-9-8(3-1)12-10(13-9)14-6-5-11-7-14/h1-4,7H,5-6H2,(H,12,13). The van der Waals surface area contributed by atoms with Crippen LogP contribution in [-0.4, -0.2) is 29.4 Å². The van der Waals surface area contributed by atoms with E-state index < -0.39 is 0 Å². The van der Waals surface area contributed by atoms with Crippen LogP contribution in [0.5, 0.6) is 0 Å². The molecule has 0 atom stereocenters. The third kappa shape index (κ3) is 1.08. The molecule has 4 nitrogen and oxygen atoms in total. The average molecular weight is 186 g/mol. The zero-order chi connectivity index (χ0) is 9.38. The van der Waals surface area contributed by atoms with Crippen LogP contribution in [0.1, 0.15) is 0 Å². The molecule has 1 aromatic heterocycles. The van der Waals surface area contributed by atoms with Crippen molar-refractivity contribution in [2.75, 3.05) is 18.0 Å². The maximum Gasteiger partial charge on any atom is 0.209 e. The van der Waals surface area contributed by atoms with Crippen LogP contribution in [-0.2, 0) is 0 Å². The van der Waals surface area contributed by atoms with Crippen molar-refractivity contribution >= 4 is 23.3 Å². The normalized spacial score (nSPS) is 15.6. The molecule has 0 fully saturated rings. The Bertz CT molecular complexity index is 453. The fourth-order valence-corrected chi connectivity index (χ4v) is 1.62. The number of benzene rings is 1. The molecule has 2 aromatic rings. The first-order valence-corrected chi connectivity index (χ1v) is 4.65. The number of aromatic nitrogens is 2. The molecule has 0 saturated carbocycles. The number of para-hydroxylation sites is 2. The number of imidazole rings is 1. The summed E-state index contributed by atoms with van der Waals surface area (Å²) in [7, 11) is 0. The van der Waals surface area contributed by atoms with Gasteiger partial charge in [0, 0.05) is 6.54 Å². The zero-order valence-electron chi connectivity index (χ0n) is 7.64. The van der Waals surface area contributed by atoms with E-state index in [9.17, 15) is 0 Å². The highest BCUT2D eigenvalue weighted by Gasteiger charge is 2.11. The number of nitrogens with zero attached hydrogens (tertiary/aromatic N) is 3. The van der Waals surface area contributed by atoms with Crippen molar-refractivity contribution in [3.63, 3.8) is 0 Å². The Morgan fingerprint density at radius 3 is 3.00 bits per heavy atom. The molecule has 0 radical (unpaired) electrons. The summed E-state index contributed by atoms with van der Waals surface area (Å²) in [5, 5.41) is 0. The first-order chi connectivity index (χ1) is 6.93. The summed E-state index contributed by atoms with van der Waals surface area (Å²) in [6, 6.07) is 8.02. The third-order valence-electron chi connectivity index (χ3n) is 2.34. The van der Waals surface area contributed by atoms with Gasteiger partial charge in [0.05, 0.1) is 23.9 Å².